The number of aliphatic hydroxyl groups is 1. The highest BCUT2D eigenvalue weighted by Gasteiger charge is 2.30. The number of carbonyl (C=O) groups excluding carboxylic acids is 1. The number of nitrogens with two attached hydrogens (primary N) is 1. The van der Waals surface area contributed by atoms with Crippen molar-refractivity contribution in [3.05, 3.63) is 68.0 Å². The molecule has 3 heterocycles. The zero-order valence-electron chi connectivity index (χ0n) is 23.2. The number of amides is 1. The summed E-state index contributed by atoms with van der Waals surface area (Å²) in [6.07, 6.45) is 4.45. The minimum atomic E-state index is -0.758. The van der Waals surface area contributed by atoms with Gasteiger partial charge in [0.1, 0.15) is 22.9 Å². The van der Waals surface area contributed by atoms with E-state index in [-0.39, 0.29) is 36.6 Å². The third kappa shape index (κ3) is 5.72. The molecule has 0 aliphatic heterocycles. The number of thiophene rings is 1. The van der Waals surface area contributed by atoms with Gasteiger partial charge in [0.15, 0.2) is 0 Å². The fraction of sp³-hybridized carbons (Fsp3) is 0.448. The maximum atomic E-state index is 14.0. The van der Waals surface area contributed by atoms with Gasteiger partial charge < -0.3 is 24.7 Å². The SMILES string of the molecule is COc1ccccc1[C@H](Cn1c(=O)n(CC(C)C(N)=O)c(=O)c2c(-c3ncco3)c(C)sc21)OC1CCC(O)CC1. The molecule has 0 bridgehead atoms. The van der Waals surface area contributed by atoms with Gasteiger partial charge in [0, 0.05) is 17.0 Å². The number of aliphatic hydroxyl groups excluding tert-OH is 1. The molecular formula is C29H34N4O7S. The van der Waals surface area contributed by atoms with Crippen molar-refractivity contribution in [2.75, 3.05) is 7.11 Å². The minimum Gasteiger partial charge on any atom is -0.496 e. The smallest absolute Gasteiger partial charge is 0.332 e. The molecule has 218 valence electrons. The molecule has 12 heteroatoms. The first-order chi connectivity index (χ1) is 19.7. The molecule has 1 amide bonds. The van der Waals surface area contributed by atoms with Crippen LogP contribution >= 0.6 is 11.3 Å². The molecule has 1 unspecified atom stereocenters. The van der Waals surface area contributed by atoms with Crippen LogP contribution in [0.4, 0.5) is 0 Å². The van der Waals surface area contributed by atoms with Crippen LogP contribution in [0.5, 0.6) is 5.75 Å². The van der Waals surface area contributed by atoms with Gasteiger partial charge in [-0.15, -0.1) is 11.3 Å². The molecule has 0 radical (unpaired) electrons. The highest BCUT2D eigenvalue weighted by molar-refractivity contribution is 7.19. The standard InChI is InChI=1S/C29H34N4O7S/c1-16(25(30)35)14-32-27(36)24-23(26-31-12-13-39-26)17(2)41-28(24)33(29(32)37)15-22(20-6-4-5-7-21(20)38-3)40-19-10-8-18(34)9-11-19/h4-7,12-13,16,18-19,22,34H,8-11,14-15H2,1-3H3,(H2,30,35)/t16?,18?,19?,22-/m0/s1. The van der Waals surface area contributed by atoms with Gasteiger partial charge in [0.25, 0.3) is 5.56 Å². The van der Waals surface area contributed by atoms with Gasteiger partial charge in [0.05, 0.1) is 48.9 Å². The van der Waals surface area contributed by atoms with Crippen molar-refractivity contribution < 1.29 is 23.8 Å². The fourth-order valence-electron chi connectivity index (χ4n) is 5.39. The molecule has 1 saturated carbocycles. The number of hydrogen-bond donors (Lipinski definition) is 2. The first-order valence-electron chi connectivity index (χ1n) is 13.6. The van der Waals surface area contributed by atoms with Crippen LogP contribution in [0.1, 0.15) is 49.2 Å². The third-order valence-electron chi connectivity index (χ3n) is 7.65. The lowest BCUT2D eigenvalue weighted by atomic mass is 9.94. The number of nitrogens with zero attached hydrogens (tertiary/aromatic N) is 3. The van der Waals surface area contributed by atoms with Crippen molar-refractivity contribution in [1.82, 2.24) is 14.1 Å². The van der Waals surface area contributed by atoms with Gasteiger partial charge >= 0.3 is 5.69 Å². The van der Waals surface area contributed by atoms with Gasteiger partial charge in [-0.3, -0.25) is 18.7 Å². The van der Waals surface area contributed by atoms with Gasteiger partial charge in [-0.25, -0.2) is 9.78 Å². The van der Waals surface area contributed by atoms with Crippen LogP contribution in [-0.2, 0) is 22.6 Å². The second-order valence-corrected chi connectivity index (χ2v) is 11.7. The van der Waals surface area contributed by atoms with Crippen molar-refractivity contribution in [3.63, 3.8) is 0 Å². The molecule has 11 nitrogen and oxygen atoms in total. The zero-order valence-corrected chi connectivity index (χ0v) is 24.1. The van der Waals surface area contributed by atoms with E-state index in [2.05, 4.69) is 4.98 Å². The summed E-state index contributed by atoms with van der Waals surface area (Å²) in [4.78, 5) is 45.3. The lowest BCUT2D eigenvalue weighted by Crippen LogP contribution is -2.43. The Balaban J connectivity index is 1.70. The largest absolute Gasteiger partial charge is 0.496 e. The summed E-state index contributed by atoms with van der Waals surface area (Å²) in [5.74, 6) is -0.502. The predicted octanol–water partition coefficient (Wildman–Crippen LogP) is 3.38. The first-order valence-corrected chi connectivity index (χ1v) is 14.4. The highest BCUT2D eigenvalue weighted by atomic mass is 32.1. The van der Waals surface area contributed by atoms with E-state index in [9.17, 15) is 19.5 Å². The number of para-hydroxylation sites is 1. The Kier molecular flexibility index (Phi) is 8.43. The number of aryl methyl sites for hydroxylation is 1. The number of aromatic nitrogens is 3. The normalized spacial score (nSPS) is 18.8. The zero-order chi connectivity index (χ0) is 29.3. The van der Waals surface area contributed by atoms with E-state index in [1.807, 2.05) is 31.2 Å². The van der Waals surface area contributed by atoms with Crippen LogP contribution in [0, 0.1) is 12.8 Å². The fourth-order valence-corrected chi connectivity index (χ4v) is 6.53. The van der Waals surface area contributed by atoms with Gasteiger partial charge in [-0.1, -0.05) is 25.1 Å². The molecular weight excluding hydrogens is 548 g/mol. The van der Waals surface area contributed by atoms with Gasteiger partial charge in [-0.05, 0) is 38.7 Å². The second-order valence-electron chi connectivity index (χ2n) is 10.5. The van der Waals surface area contributed by atoms with Crippen molar-refractivity contribution >= 4 is 27.5 Å². The number of hydrogen-bond acceptors (Lipinski definition) is 9. The maximum Gasteiger partial charge on any atom is 0.332 e. The van der Waals surface area contributed by atoms with Crippen LogP contribution < -0.4 is 21.7 Å². The van der Waals surface area contributed by atoms with E-state index in [1.165, 1.54) is 28.4 Å². The van der Waals surface area contributed by atoms with E-state index in [1.54, 1.807) is 14.0 Å². The van der Waals surface area contributed by atoms with Crippen LogP contribution in [0.25, 0.3) is 21.7 Å². The summed E-state index contributed by atoms with van der Waals surface area (Å²) in [7, 11) is 1.58. The van der Waals surface area contributed by atoms with E-state index in [0.717, 1.165) is 15.0 Å². The molecule has 41 heavy (non-hydrogen) atoms. The van der Waals surface area contributed by atoms with Crippen LogP contribution in [0.3, 0.4) is 0 Å². The Hall–Kier alpha value is -3.74. The lowest BCUT2D eigenvalue weighted by molar-refractivity contribution is -0.121. The average molecular weight is 583 g/mol. The van der Waals surface area contributed by atoms with Crippen LogP contribution in [-0.4, -0.2) is 44.4 Å². The number of fused-ring (bicyclic) bond motifs is 1. The molecule has 1 aromatic carbocycles. The first kappa shape index (κ1) is 28.8. The second kappa shape index (κ2) is 12.0. The molecule has 3 aromatic heterocycles. The molecule has 4 aromatic rings. The summed E-state index contributed by atoms with van der Waals surface area (Å²) in [6.45, 7) is 3.32. The quantitative estimate of drug-likeness (QED) is 0.289. The number of methoxy groups -OCH3 is 1. The Morgan fingerprint density at radius 2 is 1.93 bits per heavy atom. The Labute approximate surface area is 240 Å². The number of oxazole rings is 1. The van der Waals surface area contributed by atoms with E-state index in [0.29, 0.717) is 41.8 Å². The summed E-state index contributed by atoms with van der Waals surface area (Å²) in [5.41, 5.74) is 5.66. The van der Waals surface area contributed by atoms with Crippen molar-refractivity contribution in [2.24, 2.45) is 11.7 Å². The molecule has 5 rings (SSSR count). The number of carbonyl (C=O) groups is 1. The monoisotopic (exact) mass is 582 g/mol. The average Bonchev–Trinajstić information content (AvgIpc) is 3.61. The maximum absolute atomic E-state index is 14.0. The molecule has 2 atom stereocenters. The topological polar surface area (TPSA) is 152 Å². The lowest BCUT2D eigenvalue weighted by Gasteiger charge is -2.31. The van der Waals surface area contributed by atoms with Gasteiger partial charge in [-0.2, -0.15) is 0 Å². The van der Waals surface area contributed by atoms with E-state index < -0.39 is 29.2 Å². The molecule has 0 saturated heterocycles. The molecule has 3 N–H and O–H groups in total. The Morgan fingerprint density at radius 3 is 2.59 bits per heavy atom. The van der Waals surface area contributed by atoms with E-state index >= 15 is 0 Å². The van der Waals surface area contributed by atoms with Crippen LogP contribution in [0.15, 0.2) is 50.7 Å². The van der Waals surface area contributed by atoms with Crippen LogP contribution in [0.2, 0.25) is 0 Å². The third-order valence-corrected chi connectivity index (χ3v) is 8.78. The molecule has 0 spiro atoms. The Morgan fingerprint density at radius 1 is 1.20 bits per heavy atom. The molecule has 1 aliphatic carbocycles. The number of benzene rings is 1. The summed E-state index contributed by atoms with van der Waals surface area (Å²) >= 11 is 1.30. The minimum absolute atomic E-state index is 0.0744. The summed E-state index contributed by atoms with van der Waals surface area (Å²) in [6, 6.07) is 7.46. The Bertz CT molecular complexity index is 1650. The molecule has 1 aliphatic rings. The molecule has 1 fully saturated rings. The number of rotatable bonds is 10. The van der Waals surface area contributed by atoms with E-state index in [4.69, 9.17) is 19.6 Å². The van der Waals surface area contributed by atoms with Crippen molar-refractivity contribution in [3.8, 4) is 17.2 Å². The van der Waals surface area contributed by atoms with Crippen molar-refractivity contribution in [2.45, 2.75) is 70.9 Å². The number of primary amides is 1. The highest BCUT2D eigenvalue weighted by Crippen LogP contribution is 2.37. The van der Waals surface area contributed by atoms with Gasteiger partial charge in [0.2, 0.25) is 11.8 Å². The summed E-state index contributed by atoms with van der Waals surface area (Å²) < 4.78 is 20.4. The van der Waals surface area contributed by atoms with Crippen molar-refractivity contribution in [1.29, 1.82) is 0 Å². The predicted molar refractivity (Wildman–Crippen MR) is 154 cm³/mol. The number of ether oxygens (including phenoxy) is 2. The summed E-state index contributed by atoms with van der Waals surface area (Å²) in [5, 5.41) is 10.3.